The number of anilines is 1. The third-order valence-corrected chi connectivity index (χ3v) is 2.48. The normalized spacial score (nSPS) is 10.1. The summed E-state index contributed by atoms with van der Waals surface area (Å²) >= 11 is 0. The number of halogens is 1. The number of rotatable bonds is 2. The first-order valence-corrected chi connectivity index (χ1v) is 5.43. The van der Waals surface area contributed by atoms with Gasteiger partial charge in [-0.2, -0.15) is 0 Å². The molecular weight excluding hydrogens is 233 g/mol. The van der Waals surface area contributed by atoms with E-state index in [9.17, 15) is 14.3 Å². The molecule has 18 heavy (non-hydrogen) atoms. The molecule has 0 bridgehead atoms. The van der Waals surface area contributed by atoms with Gasteiger partial charge >= 0.3 is 0 Å². The van der Waals surface area contributed by atoms with Gasteiger partial charge in [-0.1, -0.05) is 12.1 Å². The van der Waals surface area contributed by atoms with Gasteiger partial charge in [0.15, 0.2) is 0 Å². The smallest absolute Gasteiger partial charge is 0.255 e. The Kier molecular flexibility index (Phi) is 3.28. The summed E-state index contributed by atoms with van der Waals surface area (Å²) in [6.07, 6.45) is 0. The van der Waals surface area contributed by atoms with Gasteiger partial charge in [0.25, 0.3) is 5.91 Å². The van der Waals surface area contributed by atoms with Gasteiger partial charge in [0, 0.05) is 5.56 Å². The molecule has 1 amide bonds. The van der Waals surface area contributed by atoms with Crippen molar-refractivity contribution in [2.24, 2.45) is 0 Å². The second-order valence-corrected chi connectivity index (χ2v) is 3.99. The van der Waals surface area contributed by atoms with Crippen LogP contribution in [0.25, 0.3) is 0 Å². The number of carbonyl (C=O) groups is 1. The maximum Gasteiger partial charge on any atom is 0.255 e. The standard InChI is InChI=1S/C14H12FNO2/c1-9-5-6-13(12(15)7-9)16-14(18)10-3-2-4-11(17)8-10/h2-8,17H,1H3,(H,16,18). The Morgan fingerprint density at radius 2 is 2.00 bits per heavy atom. The summed E-state index contributed by atoms with van der Waals surface area (Å²) in [5.74, 6) is -0.954. The third-order valence-electron chi connectivity index (χ3n) is 2.48. The molecule has 2 N–H and O–H groups in total. The SMILES string of the molecule is Cc1ccc(NC(=O)c2cccc(O)c2)c(F)c1. The monoisotopic (exact) mass is 245 g/mol. The Hall–Kier alpha value is -2.36. The molecular formula is C14H12FNO2. The van der Waals surface area contributed by atoms with Gasteiger partial charge in [-0.3, -0.25) is 4.79 Å². The van der Waals surface area contributed by atoms with Gasteiger partial charge in [-0.25, -0.2) is 4.39 Å². The van der Waals surface area contributed by atoms with E-state index in [2.05, 4.69) is 5.32 Å². The highest BCUT2D eigenvalue weighted by Crippen LogP contribution is 2.17. The predicted octanol–water partition coefficient (Wildman–Crippen LogP) is 3.09. The molecule has 0 aliphatic rings. The number of hydrogen-bond donors (Lipinski definition) is 2. The van der Waals surface area contributed by atoms with Crippen LogP contribution in [0.15, 0.2) is 42.5 Å². The van der Waals surface area contributed by atoms with Crippen LogP contribution >= 0.6 is 0 Å². The van der Waals surface area contributed by atoms with Crippen molar-refractivity contribution in [1.82, 2.24) is 0 Å². The number of benzene rings is 2. The third kappa shape index (κ3) is 2.66. The first kappa shape index (κ1) is 12.1. The highest BCUT2D eigenvalue weighted by molar-refractivity contribution is 6.04. The lowest BCUT2D eigenvalue weighted by Gasteiger charge is -2.07. The number of hydrogen-bond acceptors (Lipinski definition) is 2. The van der Waals surface area contributed by atoms with Gasteiger partial charge in [-0.05, 0) is 42.8 Å². The summed E-state index contributed by atoms with van der Waals surface area (Å²) < 4.78 is 13.5. The van der Waals surface area contributed by atoms with E-state index in [1.54, 1.807) is 25.1 Å². The van der Waals surface area contributed by atoms with Gasteiger partial charge < -0.3 is 10.4 Å². The molecule has 0 atom stereocenters. The fourth-order valence-corrected chi connectivity index (χ4v) is 1.56. The zero-order chi connectivity index (χ0) is 13.1. The molecule has 2 aromatic rings. The van der Waals surface area contributed by atoms with Crippen LogP contribution in [0.1, 0.15) is 15.9 Å². The van der Waals surface area contributed by atoms with Gasteiger partial charge in [0.1, 0.15) is 11.6 Å². The quantitative estimate of drug-likeness (QED) is 0.854. The van der Waals surface area contributed by atoms with E-state index >= 15 is 0 Å². The Labute approximate surface area is 104 Å². The zero-order valence-electron chi connectivity index (χ0n) is 9.77. The number of amides is 1. The van der Waals surface area contributed by atoms with E-state index in [0.717, 1.165) is 5.56 Å². The number of nitrogens with one attached hydrogen (secondary N) is 1. The van der Waals surface area contributed by atoms with E-state index in [0.29, 0.717) is 0 Å². The van der Waals surface area contributed by atoms with Crippen LogP contribution in [0.2, 0.25) is 0 Å². The van der Waals surface area contributed by atoms with E-state index in [-0.39, 0.29) is 17.0 Å². The Balaban J connectivity index is 2.21. The van der Waals surface area contributed by atoms with Crippen molar-refractivity contribution in [2.45, 2.75) is 6.92 Å². The van der Waals surface area contributed by atoms with Crippen molar-refractivity contribution in [3.05, 3.63) is 59.4 Å². The summed E-state index contributed by atoms with van der Waals surface area (Å²) in [5, 5.41) is 11.7. The second kappa shape index (κ2) is 4.87. The van der Waals surface area contributed by atoms with Crippen molar-refractivity contribution >= 4 is 11.6 Å². The molecule has 0 saturated heterocycles. The molecule has 3 nitrogen and oxygen atoms in total. The predicted molar refractivity (Wildman–Crippen MR) is 67.2 cm³/mol. The summed E-state index contributed by atoms with van der Waals surface area (Å²) in [5.41, 5.74) is 1.17. The number of aryl methyl sites for hydroxylation is 1. The van der Waals surface area contributed by atoms with Gasteiger partial charge in [0.05, 0.1) is 5.69 Å². The summed E-state index contributed by atoms with van der Waals surface area (Å²) in [6, 6.07) is 10.4. The van der Waals surface area contributed by atoms with E-state index in [1.165, 1.54) is 24.3 Å². The van der Waals surface area contributed by atoms with Crippen molar-refractivity contribution < 1.29 is 14.3 Å². The van der Waals surface area contributed by atoms with Crippen LogP contribution in [-0.2, 0) is 0 Å². The number of aromatic hydroxyl groups is 1. The highest BCUT2D eigenvalue weighted by atomic mass is 19.1. The maximum atomic E-state index is 13.5. The van der Waals surface area contributed by atoms with Crippen LogP contribution in [0.5, 0.6) is 5.75 Å². The Morgan fingerprint density at radius 3 is 2.67 bits per heavy atom. The van der Waals surface area contributed by atoms with Crippen LogP contribution in [0.4, 0.5) is 10.1 Å². The van der Waals surface area contributed by atoms with Crippen molar-refractivity contribution in [2.75, 3.05) is 5.32 Å². The molecule has 0 unspecified atom stereocenters. The second-order valence-electron chi connectivity index (χ2n) is 3.99. The fourth-order valence-electron chi connectivity index (χ4n) is 1.56. The topological polar surface area (TPSA) is 49.3 Å². The molecule has 0 fully saturated rings. The zero-order valence-corrected chi connectivity index (χ0v) is 9.77. The molecule has 0 spiro atoms. The van der Waals surface area contributed by atoms with Crippen LogP contribution in [0.3, 0.4) is 0 Å². The van der Waals surface area contributed by atoms with E-state index < -0.39 is 11.7 Å². The number of phenols is 1. The van der Waals surface area contributed by atoms with Gasteiger partial charge in [-0.15, -0.1) is 0 Å². The minimum absolute atomic E-state index is 0.00738. The molecule has 0 aromatic heterocycles. The lowest BCUT2D eigenvalue weighted by atomic mass is 10.2. The fraction of sp³-hybridized carbons (Fsp3) is 0.0714. The first-order valence-electron chi connectivity index (χ1n) is 5.43. The number of carbonyl (C=O) groups excluding carboxylic acids is 1. The lowest BCUT2D eigenvalue weighted by molar-refractivity contribution is 0.102. The van der Waals surface area contributed by atoms with E-state index in [4.69, 9.17) is 0 Å². The molecule has 0 saturated carbocycles. The highest BCUT2D eigenvalue weighted by Gasteiger charge is 2.09. The molecule has 0 aliphatic carbocycles. The Morgan fingerprint density at radius 1 is 1.22 bits per heavy atom. The Bertz CT molecular complexity index is 596. The largest absolute Gasteiger partial charge is 0.508 e. The van der Waals surface area contributed by atoms with Crippen molar-refractivity contribution in [3.8, 4) is 5.75 Å². The van der Waals surface area contributed by atoms with Crippen molar-refractivity contribution in [1.29, 1.82) is 0 Å². The summed E-state index contributed by atoms with van der Waals surface area (Å²) in [4.78, 5) is 11.8. The lowest BCUT2D eigenvalue weighted by Crippen LogP contribution is -2.12. The summed E-state index contributed by atoms with van der Waals surface area (Å²) in [6.45, 7) is 1.77. The van der Waals surface area contributed by atoms with E-state index in [1.807, 2.05) is 0 Å². The average molecular weight is 245 g/mol. The summed E-state index contributed by atoms with van der Waals surface area (Å²) in [7, 11) is 0. The van der Waals surface area contributed by atoms with Crippen LogP contribution in [0, 0.1) is 12.7 Å². The maximum absolute atomic E-state index is 13.5. The first-order chi connectivity index (χ1) is 8.56. The average Bonchev–Trinajstić information content (AvgIpc) is 2.32. The molecule has 0 heterocycles. The molecule has 4 heteroatoms. The molecule has 0 radical (unpaired) electrons. The molecule has 92 valence electrons. The van der Waals surface area contributed by atoms with Gasteiger partial charge in [0.2, 0.25) is 0 Å². The minimum atomic E-state index is -0.483. The van der Waals surface area contributed by atoms with Crippen LogP contribution in [-0.4, -0.2) is 11.0 Å². The van der Waals surface area contributed by atoms with Crippen molar-refractivity contribution in [3.63, 3.8) is 0 Å². The molecule has 2 rings (SSSR count). The molecule has 0 aliphatic heterocycles. The van der Waals surface area contributed by atoms with Crippen LogP contribution < -0.4 is 5.32 Å². The molecule has 2 aromatic carbocycles. The number of phenolic OH excluding ortho intramolecular Hbond substituents is 1. The minimum Gasteiger partial charge on any atom is -0.508 e.